The number of hydrogen-bond acceptors (Lipinski definition) is 2. The lowest BCUT2D eigenvalue weighted by Gasteiger charge is -2.14. The van der Waals surface area contributed by atoms with Gasteiger partial charge in [-0.1, -0.05) is 30.7 Å². The summed E-state index contributed by atoms with van der Waals surface area (Å²) in [6.07, 6.45) is 1.22. The second kappa shape index (κ2) is 7.17. The quantitative estimate of drug-likeness (QED) is 0.814. The van der Waals surface area contributed by atoms with Crippen LogP contribution in [0.2, 0.25) is 0 Å². The summed E-state index contributed by atoms with van der Waals surface area (Å²) in [6, 6.07) is 5.98. The summed E-state index contributed by atoms with van der Waals surface area (Å²) in [5.41, 5.74) is 3.18. The van der Waals surface area contributed by atoms with E-state index in [1.165, 1.54) is 5.56 Å². The highest BCUT2D eigenvalue weighted by atomic mass is 16.3. The van der Waals surface area contributed by atoms with Crippen molar-refractivity contribution in [3.05, 3.63) is 34.9 Å². The average Bonchev–Trinajstić information content (AvgIpc) is 2.33. The summed E-state index contributed by atoms with van der Waals surface area (Å²) in [7, 11) is 0. The number of aliphatic hydroxyl groups excluding tert-OH is 1. The number of aryl methyl sites for hydroxylation is 2. The van der Waals surface area contributed by atoms with E-state index < -0.39 is 6.10 Å². The smallest absolute Gasteiger partial charge is 0.220 e. The third kappa shape index (κ3) is 4.49. The Morgan fingerprint density at radius 3 is 2.72 bits per heavy atom. The summed E-state index contributed by atoms with van der Waals surface area (Å²) in [4.78, 5) is 11.5. The first-order valence-corrected chi connectivity index (χ1v) is 6.56. The van der Waals surface area contributed by atoms with Crippen LogP contribution >= 0.6 is 0 Å². The summed E-state index contributed by atoms with van der Waals surface area (Å²) < 4.78 is 0. The fourth-order valence-electron chi connectivity index (χ4n) is 1.98. The van der Waals surface area contributed by atoms with Crippen LogP contribution in [-0.4, -0.2) is 17.6 Å². The molecule has 1 rings (SSSR count). The Morgan fingerprint density at radius 2 is 2.11 bits per heavy atom. The van der Waals surface area contributed by atoms with Crippen LogP contribution in [0.1, 0.15) is 49.0 Å². The number of aliphatic hydroxyl groups is 1. The Bertz CT molecular complexity index is 401. The SMILES string of the molecule is CCCNC(=O)CCC(O)c1ccc(C)cc1C. The number of nitrogens with one attached hydrogen (secondary N) is 1. The van der Waals surface area contributed by atoms with E-state index in [0.29, 0.717) is 19.4 Å². The van der Waals surface area contributed by atoms with Crippen molar-refractivity contribution in [2.75, 3.05) is 6.54 Å². The number of hydrogen-bond donors (Lipinski definition) is 2. The number of amides is 1. The van der Waals surface area contributed by atoms with Crippen molar-refractivity contribution in [1.29, 1.82) is 0 Å². The van der Waals surface area contributed by atoms with E-state index >= 15 is 0 Å². The molecule has 0 aliphatic heterocycles. The zero-order valence-corrected chi connectivity index (χ0v) is 11.5. The van der Waals surface area contributed by atoms with Gasteiger partial charge >= 0.3 is 0 Å². The largest absolute Gasteiger partial charge is 0.388 e. The molecule has 1 atom stereocenters. The summed E-state index contributed by atoms with van der Waals surface area (Å²) in [5, 5.41) is 12.9. The molecule has 0 saturated carbocycles. The predicted octanol–water partition coefficient (Wildman–Crippen LogP) is 2.64. The van der Waals surface area contributed by atoms with Crippen molar-refractivity contribution in [3.8, 4) is 0 Å². The van der Waals surface area contributed by atoms with Gasteiger partial charge in [0.15, 0.2) is 0 Å². The van der Waals surface area contributed by atoms with Crippen LogP contribution in [-0.2, 0) is 4.79 Å². The molecule has 2 N–H and O–H groups in total. The fourth-order valence-corrected chi connectivity index (χ4v) is 1.98. The zero-order valence-electron chi connectivity index (χ0n) is 11.5. The Kier molecular flexibility index (Phi) is 5.86. The van der Waals surface area contributed by atoms with E-state index in [0.717, 1.165) is 17.5 Å². The van der Waals surface area contributed by atoms with Crippen LogP contribution in [0.25, 0.3) is 0 Å². The summed E-state index contributed by atoms with van der Waals surface area (Å²) in [5.74, 6) is 0.0145. The molecule has 0 aliphatic rings. The highest BCUT2D eigenvalue weighted by Crippen LogP contribution is 2.22. The van der Waals surface area contributed by atoms with Crippen LogP contribution in [0.15, 0.2) is 18.2 Å². The molecule has 0 fully saturated rings. The van der Waals surface area contributed by atoms with Gasteiger partial charge in [-0.3, -0.25) is 4.79 Å². The van der Waals surface area contributed by atoms with Crippen LogP contribution < -0.4 is 5.32 Å². The van der Waals surface area contributed by atoms with Gasteiger partial charge < -0.3 is 10.4 Å². The molecule has 1 amide bonds. The normalized spacial score (nSPS) is 12.2. The molecule has 18 heavy (non-hydrogen) atoms. The lowest BCUT2D eigenvalue weighted by molar-refractivity contribution is -0.121. The van der Waals surface area contributed by atoms with Gasteiger partial charge in [0, 0.05) is 13.0 Å². The van der Waals surface area contributed by atoms with Crippen molar-refractivity contribution in [1.82, 2.24) is 5.32 Å². The maximum atomic E-state index is 11.5. The molecule has 0 aromatic heterocycles. The van der Waals surface area contributed by atoms with Crippen LogP contribution in [0, 0.1) is 13.8 Å². The minimum Gasteiger partial charge on any atom is -0.388 e. The topological polar surface area (TPSA) is 49.3 Å². The first-order valence-electron chi connectivity index (χ1n) is 6.56. The Hall–Kier alpha value is -1.35. The van der Waals surface area contributed by atoms with Crippen molar-refractivity contribution in [2.24, 2.45) is 0 Å². The molecule has 0 heterocycles. The second-order valence-electron chi connectivity index (χ2n) is 4.76. The van der Waals surface area contributed by atoms with Crippen LogP contribution in [0.5, 0.6) is 0 Å². The number of carbonyl (C=O) groups is 1. The molecule has 0 spiro atoms. The lowest BCUT2D eigenvalue weighted by atomic mass is 9.98. The molecule has 3 heteroatoms. The number of rotatable bonds is 6. The minimum atomic E-state index is -0.557. The van der Waals surface area contributed by atoms with Crippen molar-refractivity contribution < 1.29 is 9.90 Å². The second-order valence-corrected chi connectivity index (χ2v) is 4.76. The van der Waals surface area contributed by atoms with Gasteiger partial charge in [-0.25, -0.2) is 0 Å². The molecule has 1 aromatic rings. The van der Waals surface area contributed by atoms with Crippen molar-refractivity contribution >= 4 is 5.91 Å². The number of carbonyl (C=O) groups excluding carboxylic acids is 1. The fraction of sp³-hybridized carbons (Fsp3) is 0.533. The van der Waals surface area contributed by atoms with Gasteiger partial charge in [0.2, 0.25) is 5.91 Å². The van der Waals surface area contributed by atoms with E-state index in [-0.39, 0.29) is 5.91 Å². The summed E-state index contributed by atoms with van der Waals surface area (Å²) in [6.45, 7) is 6.74. The minimum absolute atomic E-state index is 0.0145. The molecule has 0 saturated heterocycles. The molecular formula is C15H23NO2. The maximum absolute atomic E-state index is 11.5. The highest BCUT2D eigenvalue weighted by molar-refractivity contribution is 5.75. The van der Waals surface area contributed by atoms with Crippen LogP contribution in [0.3, 0.4) is 0 Å². The first kappa shape index (κ1) is 14.7. The third-order valence-corrected chi connectivity index (χ3v) is 3.00. The van der Waals surface area contributed by atoms with Crippen LogP contribution in [0.4, 0.5) is 0 Å². The van der Waals surface area contributed by atoms with E-state index in [2.05, 4.69) is 11.4 Å². The van der Waals surface area contributed by atoms with Gasteiger partial charge in [-0.2, -0.15) is 0 Å². The third-order valence-electron chi connectivity index (χ3n) is 3.00. The van der Waals surface area contributed by atoms with Gasteiger partial charge in [0.1, 0.15) is 0 Å². The zero-order chi connectivity index (χ0) is 13.5. The van der Waals surface area contributed by atoms with Gasteiger partial charge in [0.05, 0.1) is 6.10 Å². The summed E-state index contributed by atoms with van der Waals surface area (Å²) >= 11 is 0. The predicted molar refractivity (Wildman–Crippen MR) is 73.4 cm³/mol. The van der Waals surface area contributed by atoms with E-state index in [9.17, 15) is 9.90 Å². The maximum Gasteiger partial charge on any atom is 0.220 e. The molecule has 0 radical (unpaired) electrons. The van der Waals surface area contributed by atoms with Gasteiger partial charge in [-0.15, -0.1) is 0 Å². The molecule has 0 aliphatic carbocycles. The van der Waals surface area contributed by atoms with E-state index in [1.54, 1.807) is 0 Å². The van der Waals surface area contributed by atoms with E-state index in [4.69, 9.17) is 0 Å². The molecule has 0 bridgehead atoms. The Balaban J connectivity index is 2.50. The molecule has 3 nitrogen and oxygen atoms in total. The highest BCUT2D eigenvalue weighted by Gasteiger charge is 2.12. The standard InChI is InChI=1S/C15H23NO2/c1-4-9-16-15(18)8-7-14(17)13-6-5-11(2)10-12(13)3/h5-6,10,14,17H,4,7-9H2,1-3H3,(H,16,18). The van der Waals surface area contributed by atoms with E-state index in [1.807, 2.05) is 32.9 Å². The first-order chi connectivity index (χ1) is 8.54. The van der Waals surface area contributed by atoms with Gasteiger partial charge in [0.25, 0.3) is 0 Å². The molecular weight excluding hydrogens is 226 g/mol. The van der Waals surface area contributed by atoms with Gasteiger partial charge in [-0.05, 0) is 37.8 Å². The molecule has 1 aromatic carbocycles. The lowest BCUT2D eigenvalue weighted by Crippen LogP contribution is -2.24. The van der Waals surface area contributed by atoms with Crippen molar-refractivity contribution in [3.63, 3.8) is 0 Å². The molecule has 1 unspecified atom stereocenters. The number of benzene rings is 1. The van der Waals surface area contributed by atoms with Crippen molar-refractivity contribution in [2.45, 2.75) is 46.1 Å². The molecule has 100 valence electrons. The monoisotopic (exact) mass is 249 g/mol. The Labute approximate surface area is 109 Å². The average molecular weight is 249 g/mol. The Morgan fingerprint density at radius 1 is 1.39 bits per heavy atom.